The summed E-state index contributed by atoms with van der Waals surface area (Å²) >= 11 is 0. The Bertz CT molecular complexity index is 167. The molecular formula is C16H34. The molecule has 0 N–H and O–H groups in total. The van der Waals surface area contributed by atoms with Gasteiger partial charge in [-0.1, -0.05) is 80.6 Å². The van der Waals surface area contributed by atoms with Crippen LogP contribution in [0.4, 0.5) is 0 Å². The molecule has 16 heavy (non-hydrogen) atoms. The van der Waals surface area contributed by atoms with E-state index in [1.807, 2.05) is 0 Å². The van der Waals surface area contributed by atoms with Gasteiger partial charge in [-0.05, 0) is 23.2 Å². The van der Waals surface area contributed by atoms with Crippen LogP contribution in [0.2, 0.25) is 0 Å². The van der Waals surface area contributed by atoms with E-state index < -0.39 is 0 Å². The first kappa shape index (κ1) is 16.0. The fourth-order valence-electron chi connectivity index (χ4n) is 2.35. The van der Waals surface area contributed by atoms with Gasteiger partial charge in [0.1, 0.15) is 0 Å². The van der Waals surface area contributed by atoms with Crippen molar-refractivity contribution in [1.82, 2.24) is 0 Å². The summed E-state index contributed by atoms with van der Waals surface area (Å²) in [5.74, 6) is 2.57. The third-order valence-electron chi connectivity index (χ3n) is 4.87. The topological polar surface area (TPSA) is 0 Å². The molecule has 0 saturated heterocycles. The maximum atomic E-state index is 2.44. The van der Waals surface area contributed by atoms with Gasteiger partial charge in [0.2, 0.25) is 0 Å². The van der Waals surface area contributed by atoms with Crippen molar-refractivity contribution in [1.29, 1.82) is 0 Å². The summed E-state index contributed by atoms with van der Waals surface area (Å²) < 4.78 is 0. The second-order valence-corrected chi connectivity index (χ2v) is 6.70. The first-order valence-corrected chi connectivity index (χ1v) is 7.32. The van der Waals surface area contributed by atoms with Crippen molar-refractivity contribution < 1.29 is 0 Å². The van der Waals surface area contributed by atoms with Crippen molar-refractivity contribution in [3.8, 4) is 0 Å². The van der Waals surface area contributed by atoms with Gasteiger partial charge in [-0.25, -0.2) is 0 Å². The van der Waals surface area contributed by atoms with Crippen molar-refractivity contribution in [3.63, 3.8) is 0 Å². The van der Waals surface area contributed by atoms with Gasteiger partial charge >= 0.3 is 0 Å². The predicted octanol–water partition coefficient (Wildman–Crippen LogP) is 5.91. The van der Waals surface area contributed by atoms with Crippen molar-refractivity contribution in [2.75, 3.05) is 0 Å². The lowest BCUT2D eigenvalue weighted by atomic mass is 9.70. The molecule has 2 unspecified atom stereocenters. The maximum Gasteiger partial charge on any atom is -0.0305 e. The van der Waals surface area contributed by atoms with E-state index in [2.05, 4.69) is 48.5 Å². The average Bonchev–Trinajstić information content (AvgIpc) is 2.17. The van der Waals surface area contributed by atoms with Crippen LogP contribution in [0.5, 0.6) is 0 Å². The Morgan fingerprint density at radius 3 is 1.88 bits per heavy atom. The SMILES string of the molecule is CCCC(C)CCCC(C)C(C)(C)C(C)C. The van der Waals surface area contributed by atoms with Gasteiger partial charge in [0, 0.05) is 0 Å². The van der Waals surface area contributed by atoms with E-state index in [4.69, 9.17) is 0 Å². The van der Waals surface area contributed by atoms with Crippen molar-refractivity contribution in [2.45, 2.75) is 80.6 Å². The van der Waals surface area contributed by atoms with E-state index in [0.29, 0.717) is 5.41 Å². The van der Waals surface area contributed by atoms with Gasteiger partial charge in [-0.2, -0.15) is 0 Å². The van der Waals surface area contributed by atoms with Crippen LogP contribution in [0.15, 0.2) is 0 Å². The van der Waals surface area contributed by atoms with E-state index in [9.17, 15) is 0 Å². The zero-order valence-corrected chi connectivity index (χ0v) is 12.8. The molecule has 0 heteroatoms. The quantitative estimate of drug-likeness (QED) is 0.482. The lowest BCUT2D eigenvalue weighted by Gasteiger charge is -2.36. The van der Waals surface area contributed by atoms with Gasteiger partial charge in [-0.3, -0.25) is 0 Å². The number of hydrogen-bond acceptors (Lipinski definition) is 0. The molecule has 0 aliphatic carbocycles. The Kier molecular flexibility index (Phi) is 7.35. The van der Waals surface area contributed by atoms with E-state index in [1.165, 1.54) is 32.1 Å². The Morgan fingerprint density at radius 2 is 1.44 bits per heavy atom. The molecule has 0 rings (SSSR count). The van der Waals surface area contributed by atoms with Gasteiger partial charge in [0.15, 0.2) is 0 Å². The lowest BCUT2D eigenvalue weighted by Crippen LogP contribution is -2.27. The Labute approximate surface area is 104 Å². The van der Waals surface area contributed by atoms with Crippen LogP contribution in [0.1, 0.15) is 80.6 Å². The zero-order chi connectivity index (χ0) is 12.8. The fraction of sp³-hybridized carbons (Fsp3) is 1.00. The molecule has 0 bridgehead atoms. The molecule has 0 aliphatic heterocycles. The summed E-state index contributed by atoms with van der Waals surface area (Å²) in [6, 6.07) is 0. The second-order valence-electron chi connectivity index (χ2n) is 6.70. The summed E-state index contributed by atoms with van der Waals surface area (Å²) in [7, 11) is 0. The molecule has 0 radical (unpaired) electrons. The molecule has 0 aromatic heterocycles. The maximum absolute atomic E-state index is 2.44. The van der Waals surface area contributed by atoms with Crippen LogP contribution in [0.25, 0.3) is 0 Å². The van der Waals surface area contributed by atoms with Crippen molar-refractivity contribution in [2.24, 2.45) is 23.2 Å². The number of hydrogen-bond donors (Lipinski definition) is 0. The van der Waals surface area contributed by atoms with E-state index >= 15 is 0 Å². The molecule has 0 nitrogen and oxygen atoms in total. The minimum Gasteiger partial charge on any atom is -0.0654 e. The minimum atomic E-state index is 0.494. The molecule has 0 aliphatic rings. The van der Waals surface area contributed by atoms with Gasteiger partial charge in [0.05, 0.1) is 0 Å². The Morgan fingerprint density at radius 1 is 0.875 bits per heavy atom. The van der Waals surface area contributed by atoms with E-state index in [-0.39, 0.29) is 0 Å². The van der Waals surface area contributed by atoms with Crippen LogP contribution >= 0.6 is 0 Å². The van der Waals surface area contributed by atoms with Crippen LogP contribution in [-0.4, -0.2) is 0 Å². The van der Waals surface area contributed by atoms with Crippen LogP contribution in [-0.2, 0) is 0 Å². The smallest absolute Gasteiger partial charge is 0.0305 e. The molecule has 2 atom stereocenters. The standard InChI is InChI=1S/C16H34/c1-8-10-14(4)11-9-12-15(5)16(6,7)13(2)3/h13-15H,8-12H2,1-7H3. The predicted molar refractivity (Wildman–Crippen MR) is 75.7 cm³/mol. The monoisotopic (exact) mass is 226 g/mol. The minimum absolute atomic E-state index is 0.494. The normalized spacial score (nSPS) is 16.5. The van der Waals surface area contributed by atoms with Crippen LogP contribution < -0.4 is 0 Å². The van der Waals surface area contributed by atoms with Gasteiger partial charge in [-0.15, -0.1) is 0 Å². The summed E-state index contributed by atoms with van der Waals surface area (Å²) in [5.41, 5.74) is 0.494. The highest BCUT2D eigenvalue weighted by atomic mass is 14.3. The van der Waals surface area contributed by atoms with Gasteiger partial charge < -0.3 is 0 Å². The average molecular weight is 226 g/mol. The molecule has 0 aromatic rings. The second kappa shape index (κ2) is 7.35. The Balaban J connectivity index is 3.85. The molecular weight excluding hydrogens is 192 g/mol. The van der Waals surface area contributed by atoms with Crippen molar-refractivity contribution >= 4 is 0 Å². The summed E-state index contributed by atoms with van der Waals surface area (Å²) in [4.78, 5) is 0. The van der Waals surface area contributed by atoms with Gasteiger partial charge in [0.25, 0.3) is 0 Å². The van der Waals surface area contributed by atoms with Crippen molar-refractivity contribution in [3.05, 3.63) is 0 Å². The summed E-state index contributed by atoms with van der Waals surface area (Å²) in [6.45, 7) is 16.7. The third kappa shape index (κ3) is 5.37. The van der Waals surface area contributed by atoms with E-state index in [0.717, 1.165) is 17.8 Å². The highest BCUT2D eigenvalue weighted by Gasteiger charge is 2.28. The molecule has 0 saturated carbocycles. The third-order valence-corrected chi connectivity index (χ3v) is 4.87. The molecule has 0 heterocycles. The Hall–Kier alpha value is 0. The summed E-state index contributed by atoms with van der Waals surface area (Å²) in [5, 5.41) is 0. The molecule has 98 valence electrons. The molecule has 0 aromatic carbocycles. The van der Waals surface area contributed by atoms with E-state index in [1.54, 1.807) is 0 Å². The highest BCUT2D eigenvalue weighted by molar-refractivity contribution is 4.78. The first-order valence-electron chi connectivity index (χ1n) is 7.32. The number of rotatable bonds is 8. The highest BCUT2D eigenvalue weighted by Crippen LogP contribution is 2.37. The molecule has 0 amide bonds. The fourth-order valence-corrected chi connectivity index (χ4v) is 2.35. The largest absolute Gasteiger partial charge is 0.0654 e. The van der Waals surface area contributed by atoms with Crippen LogP contribution in [0, 0.1) is 23.2 Å². The lowest BCUT2D eigenvalue weighted by molar-refractivity contribution is 0.139. The first-order chi connectivity index (χ1) is 7.32. The van der Waals surface area contributed by atoms with Crippen LogP contribution in [0.3, 0.4) is 0 Å². The molecule has 0 fully saturated rings. The zero-order valence-electron chi connectivity index (χ0n) is 12.8. The summed E-state index contributed by atoms with van der Waals surface area (Å²) in [6.07, 6.45) is 6.99. The molecule has 0 spiro atoms.